The fourth-order valence-electron chi connectivity index (χ4n) is 5.09. The number of carbonyl (C=O) groups excluding carboxylic acids is 1. The van der Waals surface area contributed by atoms with Gasteiger partial charge in [0.2, 0.25) is 11.9 Å². The lowest BCUT2D eigenvalue weighted by Crippen LogP contribution is -2.39. The van der Waals surface area contributed by atoms with Crippen LogP contribution in [0.2, 0.25) is 0 Å². The van der Waals surface area contributed by atoms with Gasteiger partial charge in [-0.25, -0.2) is 9.99 Å². The van der Waals surface area contributed by atoms with Gasteiger partial charge in [-0.05, 0) is 50.0 Å². The summed E-state index contributed by atoms with van der Waals surface area (Å²) >= 11 is 3.41. The summed E-state index contributed by atoms with van der Waals surface area (Å²) in [5, 5.41) is 16.7. The fraction of sp³-hybridized carbons (Fsp3) is 0.650. The highest BCUT2D eigenvalue weighted by atomic mass is 32.2. The molecule has 2 aromatic rings. The van der Waals surface area contributed by atoms with E-state index in [0.717, 1.165) is 55.8 Å². The quantitative estimate of drug-likeness (QED) is 0.703. The molecule has 2 saturated heterocycles. The van der Waals surface area contributed by atoms with Gasteiger partial charge >= 0.3 is 0 Å². The van der Waals surface area contributed by atoms with E-state index in [4.69, 9.17) is 0 Å². The molecule has 2 N–H and O–H groups in total. The van der Waals surface area contributed by atoms with Crippen LogP contribution in [0.15, 0.2) is 5.16 Å². The zero-order valence-electron chi connectivity index (χ0n) is 17.2. The van der Waals surface area contributed by atoms with Gasteiger partial charge in [-0.3, -0.25) is 15.1 Å². The van der Waals surface area contributed by atoms with E-state index in [1.54, 1.807) is 0 Å². The number of nitrogens with zero attached hydrogens (tertiary/aromatic N) is 5. The first kappa shape index (κ1) is 19.1. The number of hydrazine groups is 1. The van der Waals surface area contributed by atoms with Gasteiger partial charge in [0, 0.05) is 23.5 Å². The molecule has 4 aliphatic rings. The Balaban J connectivity index is 1.34. The predicted molar refractivity (Wildman–Crippen MR) is 118 cm³/mol. The summed E-state index contributed by atoms with van der Waals surface area (Å²) in [5.74, 6) is 2.19. The van der Waals surface area contributed by atoms with Gasteiger partial charge < -0.3 is 4.90 Å². The van der Waals surface area contributed by atoms with Crippen molar-refractivity contribution in [3.8, 4) is 5.00 Å². The minimum atomic E-state index is 0.109. The lowest BCUT2D eigenvalue weighted by atomic mass is 9.87. The molecule has 2 fully saturated rings. The van der Waals surface area contributed by atoms with Gasteiger partial charge in [0.05, 0.1) is 12.4 Å². The van der Waals surface area contributed by atoms with Crippen molar-refractivity contribution < 1.29 is 4.79 Å². The van der Waals surface area contributed by atoms with Crippen LogP contribution in [0.25, 0.3) is 5.00 Å². The Morgan fingerprint density at radius 2 is 2.13 bits per heavy atom. The number of hydrogen-bond donors (Lipinski definition) is 2. The van der Waals surface area contributed by atoms with Crippen molar-refractivity contribution in [1.29, 1.82) is 0 Å². The van der Waals surface area contributed by atoms with Gasteiger partial charge in [0.15, 0.2) is 5.16 Å². The molecule has 160 valence electrons. The molecule has 0 spiro atoms. The van der Waals surface area contributed by atoms with Crippen LogP contribution in [0.4, 0.5) is 5.95 Å². The SMILES string of the molecule is C[C@@H]1CCc2c(sc3c2C2NCNN2c2nnc(SCC(=O)N4CCCCC4)n2-3)C1. The lowest BCUT2D eigenvalue weighted by Gasteiger charge is -2.31. The molecule has 2 atom stereocenters. The number of hydrogen-bond acceptors (Lipinski definition) is 8. The maximum atomic E-state index is 12.7. The summed E-state index contributed by atoms with van der Waals surface area (Å²) in [4.78, 5) is 16.2. The number of piperidine rings is 1. The predicted octanol–water partition coefficient (Wildman–Crippen LogP) is 2.44. The minimum absolute atomic E-state index is 0.109. The second-order valence-electron chi connectivity index (χ2n) is 8.73. The number of amides is 1. The first-order valence-corrected chi connectivity index (χ1v) is 12.8. The molecule has 10 heteroatoms. The summed E-state index contributed by atoms with van der Waals surface area (Å²) in [5.41, 5.74) is 6.30. The molecule has 5 heterocycles. The van der Waals surface area contributed by atoms with Crippen molar-refractivity contribution in [3.05, 3.63) is 16.0 Å². The summed E-state index contributed by atoms with van der Waals surface area (Å²) in [6, 6.07) is 0. The van der Waals surface area contributed by atoms with Crippen molar-refractivity contribution >= 4 is 35.0 Å². The Bertz CT molecular complexity index is 980. The first-order chi connectivity index (χ1) is 14.7. The van der Waals surface area contributed by atoms with Crippen LogP contribution in [-0.2, 0) is 17.6 Å². The molecule has 0 saturated carbocycles. The van der Waals surface area contributed by atoms with E-state index in [0.29, 0.717) is 12.4 Å². The topological polar surface area (TPSA) is 78.3 Å². The second-order valence-corrected chi connectivity index (χ2v) is 10.8. The number of carbonyl (C=O) groups is 1. The highest BCUT2D eigenvalue weighted by Gasteiger charge is 2.42. The van der Waals surface area contributed by atoms with Crippen LogP contribution in [0.1, 0.15) is 54.8 Å². The van der Waals surface area contributed by atoms with Gasteiger partial charge in [-0.1, -0.05) is 18.7 Å². The van der Waals surface area contributed by atoms with Gasteiger partial charge in [0.25, 0.3) is 0 Å². The molecule has 1 amide bonds. The van der Waals surface area contributed by atoms with Crippen molar-refractivity contribution in [3.63, 3.8) is 0 Å². The van der Waals surface area contributed by atoms with Crippen molar-refractivity contribution in [1.82, 2.24) is 30.4 Å². The lowest BCUT2D eigenvalue weighted by molar-refractivity contribution is -0.129. The van der Waals surface area contributed by atoms with Crippen molar-refractivity contribution in [2.24, 2.45) is 5.92 Å². The highest BCUT2D eigenvalue weighted by molar-refractivity contribution is 7.99. The third-order valence-corrected chi connectivity index (χ3v) is 8.85. The van der Waals surface area contributed by atoms with E-state index in [1.807, 2.05) is 16.2 Å². The van der Waals surface area contributed by atoms with Crippen LogP contribution in [-0.4, -0.2) is 51.1 Å². The first-order valence-electron chi connectivity index (χ1n) is 11.0. The summed E-state index contributed by atoms with van der Waals surface area (Å²) in [7, 11) is 0. The zero-order valence-corrected chi connectivity index (χ0v) is 18.8. The number of rotatable bonds is 3. The second kappa shape index (κ2) is 7.51. The molecule has 2 aromatic heterocycles. The van der Waals surface area contributed by atoms with Crippen LogP contribution in [0.5, 0.6) is 0 Å². The van der Waals surface area contributed by atoms with E-state index >= 15 is 0 Å². The Labute approximate surface area is 184 Å². The van der Waals surface area contributed by atoms with Crippen LogP contribution in [0.3, 0.4) is 0 Å². The Morgan fingerprint density at radius 1 is 1.27 bits per heavy atom. The molecular formula is C20H27N7OS2. The summed E-state index contributed by atoms with van der Waals surface area (Å²) in [6.07, 6.45) is 7.12. The number of fused-ring (bicyclic) bond motifs is 8. The molecule has 0 aromatic carbocycles. The summed E-state index contributed by atoms with van der Waals surface area (Å²) < 4.78 is 2.17. The maximum absolute atomic E-state index is 12.7. The molecule has 0 radical (unpaired) electrons. The molecule has 3 aliphatic heterocycles. The maximum Gasteiger partial charge on any atom is 0.249 e. The third-order valence-electron chi connectivity index (χ3n) is 6.68. The van der Waals surface area contributed by atoms with Crippen LogP contribution in [0, 0.1) is 5.92 Å². The molecule has 6 rings (SSSR count). The van der Waals surface area contributed by atoms with E-state index < -0.39 is 0 Å². The average molecular weight is 446 g/mol. The monoisotopic (exact) mass is 445 g/mol. The zero-order chi connectivity index (χ0) is 20.2. The molecule has 1 unspecified atom stereocenters. The molecule has 8 nitrogen and oxygen atoms in total. The highest BCUT2D eigenvalue weighted by Crippen LogP contribution is 2.48. The molecule has 30 heavy (non-hydrogen) atoms. The number of nitrogens with one attached hydrogen (secondary N) is 2. The molecule has 1 aliphatic carbocycles. The number of anilines is 1. The van der Waals surface area contributed by atoms with E-state index in [2.05, 4.69) is 37.4 Å². The Morgan fingerprint density at radius 3 is 3.00 bits per heavy atom. The number of likely N-dealkylation sites (tertiary alicyclic amines) is 1. The van der Waals surface area contributed by atoms with Crippen molar-refractivity contribution in [2.45, 2.75) is 56.8 Å². The number of aromatic nitrogens is 3. The van der Waals surface area contributed by atoms with E-state index in [1.165, 1.54) is 45.6 Å². The number of thiophene rings is 1. The van der Waals surface area contributed by atoms with Gasteiger partial charge in [-0.2, -0.15) is 0 Å². The van der Waals surface area contributed by atoms with Gasteiger partial charge in [0.1, 0.15) is 11.2 Å². The minimum Gasteiger partial charge on any atom is -0.342 e. The van der Waals surface area contributed by atoms with Gasteiger partial charge in [-0.15, -0.1) is 21.5 Å². The smallest absolute Gasteiger partial charge is 0.249 e. The molecular weight excluding hydrogens is 418 g/mol. The Kier molecular flexibility index (Phi) is 4.78. The van der Waals surface area contributed by atoms with Crippen LogP contribution < -0.4 is 15.8 Å². The van der Waals surface area contributed by atoms with Crippen molar-refractivity contribution in [2.75, 3.05) is 30.5 Å². The fourth-order valence-corrected chi connectivity index (χ4v) is 7.52. The largest absolute Gasteiger partial charge is 0.342 e. The standard InChI is InChI=1S/C20H27N7OS2/c1-12-5-6-13-14(9-12)30-18-16(13)17-21-11-22-27(17)19-23-24-20(26(18)19)29-10-15(28)25-7-3-2-4-8-25/h12,17,21-22H,2-11H2,1H3/t12-,17?/m1/s1. The average Bonchev–Trinajstić information content (AvgIpc) is 3.47. The summed E-state index contributed by atoms with van der Waals surface area (Å²) in [6.45, 7) is 4.85. The Hall–Kier alpha value is -1.62. The molecule has 0 bridgehead atoms. The normalized spacial score (nSPS) is 25.0. The van der Waals surface area contributed by atoms with E-state index in [9.17, 15) is 4.79 Å². The number of thioether (sulfide) groups is 1. The van der Waals surface area contributed by atoms with Crippen LogP contribution >= 0.6 is 23.1 Å². The third kappa shape index (κ3) is 2.99. The van der Waals surface area contributed by atoms with E-state index in [-0.39, 0.29) is 12.1 Å².